The van der Waals surface area contributed by atoms with Crippen LogP contribution in [0.3, 0.4) is 0 Å². The summed E-state index contributed by atoms with van der Waals surface area (Å²) in [5, 5.41) is 4.77. The zero-order valence-corrected chi connectivity index (χ0v) is 13.2. The molecule has 0 bridgehead atoms. The molecule has 8 heteroatoms. The Morgan fingerprint density at radius 3 is 2.81 bits per heavy atom. The fourth-order valence-electron chi connectivity index (χ4n) is 2.29. The Bertz CT molecular complexity index is 354. The summed E-state index contributed by atoms with van der Waals surface area (Å²) < 4.78 is 5.33. The largest absolute Gasteiger partial charge is 0.381 e. The first-order valence-corrected chi connectivity index (χ1v) is 6.76. The minimum atomic E-state index is -0.508. The lowest BCUT2D eigenvalue weighted by atomic mass is 9.99. The molecule has 4 N–H and O–H groups in total. The molecule has 0 aromatic carbocycles. The fraction of sp³-hybridized carbons (Fsp3) is 0.692. The van der Waals surface area contributed by atoms with Crippen molar-refractivity contribution in [1.29, 1.82) is 0 Å². The molecule has 0 radical (unpaired) electrons. The number of rotatable bonds is 6. The highest BCUT2D eigenvalue weighted by Crippen LogP contribution is 2.18. The van der Waals surface area contributed by atoms with E-state index < -0.39 is 6.03 Å². The van der Waals surface area contributed by atoms with Crippen molar-refractivity contribution in [2.45, 2.75) is 25.0 Å². The van der Waals surface area contributed by atoms with Gasteiger partial charge in [0.05, 0.1) is 12.6 Å². The molecule has 3 amide bonds. The molecule has 1 fully saturated rings. The van der Waals surface area contributed by atoms with Crippen LogP contribution in [0.4, 0.5) is 4.79 Å². The number of carbonyl (C=O) groups excluding carboxylic acids is 2. The van der Waals surface area contributed by atoms with Crippen LogP contribution in [-0.2, 0) is 9.53 Å². The summed E-state index contributed by atoms with van der Waals surface area (Å²) in [6.45, 7) is 5.18. The molecule has 0 spiro atoms. The predicted molar refractivity (Wildman–Crippen MR) is 83.4 cm³/mol. The summed E-state index contributed by atoms with van der Waals surface area (Å²) in [5.41, 5.74) is 5.73. The lowest BCUT2D eigenvalue weighted by Gasteiger charge is -2.37. The zero-order chi connectivity index (χ0) is 15.0. The van der Waals surface area contributed by atoms with Gasteiger partial charge in [-0.2, -0.15) is 0 Å². The molecule has 1 aliphatic rings. The van der Waals surface area contributed by atoms with Gasteiger partial charge in [-0.3, -0.25) is 15.0 Å². The minimum absolute atomic E-state index is 0. The van der Waals surface area contributed by atoms with E-state index in [1.54, 1.807) is 13.2 Å². The van der Waals surface area contributed by atoms with Crippen molar-refractivity contribution in [3.05, 3.63) is 12.7 Å². The van der Waals surface area contributed by atoms with E-state index in [0.717, 1.165) is 19.4 Å². The number of ether oxygens (including phenoxy) is 1. The average molecular weight is 321 g/mol. The molecule has 0 aromatic rings. The quantitative estimate of drug-likeness (QED) is 0.592. The highest BCUT2D eigenvalue weighted by Gasteiger charge is 2.28. The maximum Gasteiger partial charge on any atom is 0.321 e. The first-order valence-electron chi connectivity index (χ1n) is 6.76. The highest BCUT2D eigenvalue weighted by atomic mass is 35.5. The normalized spacial score (nSPS) is 22.0. The Kier molecular flexibility index (Phi) is 9.98. The van der Waals surface area contributed by atoms with Crippen LogP contribution in [-0.4, -0.2) is 62.3 Å². The van der Waals surface area contributed by atoms with Gasteiger partial charge in [0, 0.05) is 32.8 Å². The number of halogens is 1. The van der Waals surface area contributed by atoms with Gasteiger partial charge in [0.1, 0.15) is 0 Å². The summed E-state index contributed by atoms with van der Waals surface area (Å²) in [6, 6.07) is -0.401. The van der Waals surface area contributed by atoms with E-state index in [-0.39, 0.29) is 37.0 Å². The van der Waals surface area contributed by atoms with Crippen molar-refractivity contribution in [3.63, 3.8) is 0 Å². The van der Waals surface area contributed by atoms with Crippen LogP contribution in [0.5, 0.6) is 0 Å². The maximum atomic E-state index is 11.8. The van der Waals surface area contributed by atoms with Crippen molar-refractivity contribution in [2.24, 2.45) is 5.73 Å². The number of hydrogen-bond acceptors (Lipinski definition) is 5. The van der Waals surface area contributed by atoms with E-state index in [9.17, 15) is 9.59 Å². The standard InChI is InChI=1S/C13H24N4O3.ClH/c1-3-5-15-13(19)16-12(18)9-17-6-4-11(20-2)7-10(17)8-14;/h3,10-11H,1,4-9,14H2,2H3,(H2,15,16,18,19);1H. The van der Waals surface area contributed by atoms with Crippen molar-refractivity contribution in [2.75, 3.05) is 33.3 Å². The molecule has 1 heterocycles. The third kappa shape index (κ3) is 6.90. The first kappa shape index (κ1) is 19.9. The average Bonchev–Trinajstić information content (AvgIpc) is 2.45. The molecule has 21 heavy (non-hydrogen) atoms. The second kappa shape index (κ2) is 10.6. The predicted octanol–water partition coefficient (Wildman–Crippen LogP) is -0.142. The van der Waals surface area contributed by atoms with Gasteiger partial charge >= 0.3 is 6.03 Å². The summed E-state index contributed by atoms with van der Waals surface area (Å²) in [5.74, 6) is -0.333. The molecule has 2 unspecified atom stereocenters. The van der Waals surface area contributed by atoms with Crippen LogP contribution in [0.2, 0.25) is 0 Å². The summed E-state index contributed by atoms with van der Waals surface area (Å²) in [4.78, 5) is 25.1. The van der Waals surface area contributed by atoms with Gasteiger partial charge in [-0.05, 0) is 12.8 Å². The maximum absolute atomic E-state index is 11.8. The van der Waals surface area contributed by atoms with Crippen LogP contribution in [0.15, 0.2) is 12.7 Å². The third-order valence-electron chi connectivity index (χ3n) is 3.40. The number of hydrogen-bond donors (Lipinski definition) is 3. The molecule has 1 aliphatic heterocycles. The van der Waals surface area contributed by atoms with Crippen LogP contribution >= 0.6 is 12.4 Å². The van der Waals surface area contributed by atoms with E-state index in [4.69, 9.17) is 10.5 Å². The first-order chi connectivity index (χ1) is 9.60. The van der Waals surface area contributed by atoms with Crippen molar-refractivity contribution in [3.8, 4) is 0 Å². The molecular weight excluding hydrogens is 296 g/mol. The minimum Gasteiger partial charge on any atom is -0.381 e. The number of amides is 3. The topological polar surface area (TPSA) is 96.7 Å². The lowest BCUT2D eigenvalue weighted by Crippen LogP contribution is -2.53. The number of nitrogens with zero attached hydrogens (tertiary/aromatic N) is 1. The molecule has 0 aromatic heterocycles. The molecule has 122 valence electrons. The molecular formula is C13H25ClN4O3. The molecule has 1 saturated heterocycles. The molecule has 2 atom stereocenters. The van der Waals surface area contributed by atoms with Crippen LogP contribution < -0.4 is 16.4 Å². The van der Waals surface area contributed by atoms with E-state index in [0.29, 0.717) is 13.1 Å². The Morgan fingerprint density at radius 1 is 1.52 bits per heavy atom. The van der Waals surface area contributed by atoms with Gasteiger partial charge in [0.2, 0.25) is 5.91 Å². The Labute approximate surface area is 131 Å². The van der Waals surface area contributed by atoms with Gasteiger partial charge in [-0.25, -0.2) is 4.79 Å². The van der Waals surface area contributed by atoms with E-state index in [1.165, 1.54) is 0 Å². The highest BCUT2D eigenvalue weighted by molar-refractivity contribution is 5.95. The molecule has 0 aliphatic carbocycles. The number of imide groups is 1. The monoisotopic (exact) mass is 320 g/mol. The van der Waals surface area contributed by atoms with Gasteiger partial charge < -0.3 is 15.8 Å². The number of nitrogens with one attached hydrogen (secondary N) is 2. The van der Waals surface area contributed by atoms with Crippen LogP contribution in [0.25, 0.3) is 0 Å². The number of piperidine rings is 1. The summed E-state index contributed by atoms with van der Waals surface area (Å²) in [7, 11) is 1.69. The Balaban J connectivity index is 0.00000400. The lowest BCUT2D eigenvalue weighted by molar-refractivity contribution is -0.122. The second-order valence-electron chi connectivity index (χ2n) is 4.79. The molecule has 0 saturated carbocycles. The van der Waals surface area contributed by atoms with Crippen LogP contribution in [0, 0.1) is 0 Å². The number of likely N-dealkylation sites (tertiary alicyclic amines) is 1. The SMILES string of the molecule is C=CCNC(=O)NC(=O)CN1CCC(OC)CC1CN.Cl. The fourth-order valence-corrected chi connectivity index (χ4v) is 2.29. The van der Waals surface area contributed by atoms with Crippen LogP contribution in [0.1, 0.15) is 12.8 Å². The van der Waals surface area contributed by atoms with Crippen molar-refractivity contribution < 1.29 is 14.3 Å². The number of nitrogens with two attached hydrogens (primary N) is 1. The van der Waals surface area contributed by atoms with Gasteiger partial charge in [0.25, 0.3) is 0 Å². The third-order valence-corrected chi connectivity index (χ3v) is 3.40. The number of urea groups is 1. The van der Waals surface area contributed by atoms with Gasteiger partial charge in [-0.1, -0.05) is 6.08 Å². The Morgan fingerprint density at radius 2 is 2.24 bits per heavy atom. The summed E-state index contributed by atoms with van der Waals surface area (Å²) >= 11 is 0. The number of methoxy groups -OCH3 is 1. The zero-order valence-electron chi connectivity index (χ0n) is 12.3. The molecule has 1 rings (SSSR count). The van der Waals surface area contributed by atoms with E-state index in [2.05, 4.69) is 17.2 Å². The van der Waals surface area contributed by atoms with Gasteiger partial charge in [0.15, 0.2) is 0 Å². The summed E-state index contributed by atoms with van der Waals surface area (Å²) in [6.07, 6.45) is 3.41. The van der Waals surface area contributed by atoms with E-state index in [1.807, 2.05) is 4.90 Å². The second-order valence-corrected chi connectivity index (χ2v) is 4.79. The van der Waals surface area contributed by atoms with E-state index >= 15 is 0 Å². The smallest absolute Gasteiger partial charge is 0.321 e. The Hall–Kier alpha value is -1.15. The van der Waals surface area contributed by atoms with Crippen molar-refractivity contribution >= 4 is 24.3 Å². The van der Waals surface area contributed by atoms with Crippen molar-refractivity contribution in [1.82, 2.24) is 15.5 Å². The number of carbonyl (C=O) groups is 2. The molecule has 7 nitrogen and oxygen atoms in total. The van der Waals surface area contributed by atoms with Gasteiger partial charge in [-0.15, -0.1) is 19.0 Å².